The van der Waals surface area contributed by atoms with Gasteiger partial charge in [-0.1, -0.05) is 48.6 Å². The summed E-state index contributed by atoms with van der Waals surface area (Å²) in [5, 5.41) is 21.9. The third-order valence-electron chi connectivity index (χ3n) is 11.4. The van der Waals surface area contributed by atoms with Crippen LogP contribution in [0.15, 0.2) is 72.3 Å². The number of hydrogen-bond donors (Lipinski definition) is 3. The predicted molar refractivity (Wildman–Crippen MR) is 161 cm³/mol. The molecule has 7 rings (SSSR count). The van der Waals surface area contributed by atoms with Crippen molar-refractivity contribution in [1.29, 1.82) is 0 Å². The molecule has 7 nitrogen and oxygen atoms in total. The molecule has 0 aromatic heterocycles. The monoisotopic (exact) mass is 597 g/mol. The number of aliphatic hydroxyl groups excluding tert-OH is 2. The summed E-state index contributed by atoms with van der Waals surface area (Å²) in [6, 6.07) is 14.7. The van der Waals surface area contributed by atoms with Crippen molar-refractivity contribution in [2.45, 2.75) is 69.3 Å². The van der Waals surface area contributed by atoms with Crippen molar-refractivity contribution in [2.75, 3.05) is 12.3 Å². The van der Waals surface area contributed by atoms with Gasteiger partial charge in [-0.2, -0.15) is 0 Å². The van der Waals surface area contributed by atoms with Gasteiger partial charge >= 0.3 is 0 Å². The fraction of sp³-hybridized carbons (Fsp3) is 0.444. The summed E-state index contributed by atoms with van der Waals surface area (Å²) in [6.07, 6.45) is 2.70. The minimum absolute atomic E-state index is 0.0494. The van der Waals surface area contributed by atoms with E-state index in [0.29, 0.717) is 36.1 Å². The Labute approximate surface area is 255 Å². The second-order valence-corrected chi connectivity index (χ2v) is 13.4. The summed E-state index contributed by atoms with van der Waals surface area (Å²) in [7, 11) is 0. The van der Waals surface area contributed by atoms with Gasteiger partial charge in [0.2, 0.25) is 0 Å². The zero-order chi connectivity index (χ0) is 31.1. The summed E-state index contributed by atoms with van der Waals surface area (Å²) in [5.74, 6) is 4.56. The number of carbonyl (C=O) groups is 2. The molecule has 44 heavy (non-hydrogen) atoms. The Bertz CT molecular complexity index is 1670. The molecule has 1 saturated heterocycles. The topological polar surface area (TPSA) is 119 Å². The standard InChI is InChI=1S/C36H36FNO6/c1-33-15-14-26(40)17-24(33)12-13-27-28-18-31-36(30(42)20-39,34(28,2)19-29(41)35(27,33)37)44-32(43-31)23-10-8-21(9-11-23)6-7-22-4-3-5-25(38)16-22/h3-5,8-11,14-17,27-29,31-32,39,41H,12-13,18-20,38H2,1-2H3/t27-,28-,29-,31+,32+,33-,34-,35-,36+/m0/s1. The van der Waals surface area contributed by atoms with Gasteiger partial charge in [-0.25, -0.2) is 4.39 Å². The van der Waals surface area contributed by atoms with Crippen LogP contribution in [0.1, 0.15) is 62.5 Å². The van der Waals surface area contributed by atoms with E-state index in [1.807, 2.05) is 43.3 Å². The fourth-order valence-corrected chi connectivity index (χ4v) is 9.21. The number of ether oxygens (including phenoxy) is 2. The van der Waals surface area contributed by atoms with Crippen LogP contribution >= 0.6 is 0 Å². The van der Waals surface area contributed by atoms with Gasteiger partial charge in [0.25, 0.3) is 0 Å². The molecule has 0 amide bonds. The number of ketones is 2. The molecule has 4 aliphatic carbocycles. The Morgan fingerprint density at radius 2 is 1.86 bits per heavy atom. The van der Waals surface area contributed by atoms with E-state index >= 15 is 4.39 Å². The first-order valence-electron chi connectivity index (χ1n) is 15.2. The summed E-state index contributed by atoms with van der Waals surface area (Å²) >= 11 is 0. The molecule has 2 aromatic rings. The van der Waals surface area contributed by atoms with Gasteiger partial charge in [-0.15, -0.1) is 0 Å². The largest absolute Gasteiger partial charge is 0.399 e. The number of halogens is 1. The number of alkyl halides is 1. The van der Waals surface area contributed by atoms with E-state index in [0.717, 1.165) is 11.1 Å². The van der Waals surface area contributed by atoms with Crippen LogP contribution in [0.4, 0.5) is 10.1 Å². The van der Waals surface area contributed by atoms with Gasteiger partial charge in [0, 0.05) is 39.1 Å². The lowest BCUT2D eigenvalue weighted by atomic mass is 9.44. The van der Waals surface area contributed by atoms with Gasteiger partial charge in [0.05, 0.1) is 12.2 Å². The minimum atomic E-state index is -2.04. The molecule has 5 aliphatic rings. The van der Waals surface area contributed by atoms with Crippen molar-refractivity contribution >= 4 is 17.3 Å². The lowest BCUT2D eigenvalue weighted by molar-refractivity contribution is -0.231. The molecule has 0 unspecified atom stereocenters. The molecule has 0 bridgehead atoms. The first kappa shape index (κ1) is 29.1. The maximum Gasteiger partial charge on any atom is 0.193 e. The smallest absolute Gasteiger partial charge is 0.193 e. The van der Waals surface area contributed by atoms with E-state index in [-0.39, 0.29) is 18.1 Å². The van der Waals surface area contributed by atoms with Crippen LogP contribution in [0.5, 0.6) is 0 Å². The summed E-state index contributed by atoms with van der Waals surface area (Å²) in [5.41, 5.74) is 3.71. The molecular weight excluding hydrogens is 561 g/mol. The highest BCUT2D eigenvalue weighted by molar-refractivity contribution is 6.01. The Morgan fingerprint density at radius 3 is 2.59 bits per heavy atom. The van der Waals surface area contributed by atoms with Crippen LogP contribution in [0.25, 0.3) is 0 Å². The van der Waals surface area contributed by atoms with E-state index in [9.17, 15) is 19.8 Å². The number of rotatable bonds is 3. The van der Waals surface area contributed by atoms with Crippen LogP contribution in [0.2, 0.25) is 0 Å². The van der Waals surface area contributed by atoms with Gasteiger partial charge in [0.1, 0.15) is 6.61 Å². The van der Waals surface area contributed by atoms with Gasteiger partial charge in [0.15, 0.2) is 29.1 Å². The first-order chi connectivity index (χ1) is 21.0. The molecule has 8 heteroatoms. The molecule has 3 saturated carbocycles. The van der Waals surface area contributed by atoms with Gasteiger partial charge in [-0.05, 0) is 81.0 Å². The van der Waals surface area contributed by atoms with Crippen molar-refractivity contribution in [1.82, 2.24) is 0 Å². The molecule has 1 aliphatic heterocycles. The Hall–Kier alpha value is -3.61. The molecule has 4 fully saturated rings. The quantitative estimate of drug-likeness (QED) is 0.355. The minimum Gasteiger partial charge on any atom is -0.399 e. The average molecular weight is 598 g/mol. The number of Topliss-reactive ketones (excluding diaryl/α,β-unsaturated/α-hetero) is 1. The number of nitrogen functional groups attached to an aromatic ring is 1. The Balaban J connectivity index is 1.19. The maximum atomic E-state index is 17.5. The van der Waals surface area contributed by atoms with Crippen molar-refractivity contribution in [2.24, 2.45) is 22.7 Å². The van der Waals surface area contributed by atoms with Gasteiger partial charge < -0.3 is 25.4 Å². The number of nitrogens with two attached hydrogens (primary N) is 1. The van der Waals surface area contributed by atoms with Crippen LogP contribution in [-0.4, -0.2) is 51.9 Å². The highest BCUT2D eigenvalue weighted by Crippen LogP contribution is 2.72. The molecule has 9 atom stereocenters. The second kappa shape index (κ2) is 9.95. The first-order valence-corrected chi connectivity index (χ1v) is 15.2. The van der Waals surface area contributed by atoms with E-state index in [1.165, 1.54) is 12.2 Å². The second-order valence-electron chi connectivity index (χ2n) is 13.4. The molecular formula is C36H36FNO6. The summed E-state index contributed by atoms with van der Waals surface area (Å²) in [6.45, 7) is 2.88. The van der Waals surface area contributed by atoms with Gasteiger partial charge in [-0.3, -0.25) is 9.59 Å². The number of anilines is 1. The van der Waals surface area contributed by atoms with Crippen LogP contribution < -0.4 is 5.73 Å². The highest BCUT2D eigenvalue weighted by atomic mass is 19.1. The van der Waals surface area contributed by atoms with E-state index < -0.39 is 58.9 Å². The van der Waals surface area contributed by atoms with E-state index in [4.69, 9.17) is 15.2 Å². The average Bonchev–Trinajstić information content (AvgIpc) is 3.50. The fourth-order valence-electron chi connectivity index (χ4n) is 9.21. The number of fused-ring (bicyclic) bond motifs is 7. The number of hydrogen-bond acceptors (Lipinski definition) is 7. The lowest BCUT2D eigenvalue weighted by Gasteiger charge is -2.62. The lowest BCUT2D eigenvalue weighted by Crippen LogP contribution is -2.69. The summed E-state index contributed by atoms with van der Waals surface area (Å²) < 4.78 is 30.6. The third-order valence-corrected chi connectivity index (χ3v) is 11.4. The van der Waals surface area contributed by atoms with Crippen LogP contribution in [0.3, 0.4) is 0 Å². The van der Waals surface area contributed by atoms with Crippen LogP contribution in [-0.2, 0) is 19.1 Å². The molecule has 228 valence electrons. The van der Waals surface area contributed by atoms with E-state index in [2.05, 4.69) is 11.8 Å². The third kappa shape index (κ3) is 3.83. The maximum absolute atomic E-state index is 17.5. The molecule has 1 heterocycles. The Kier molecular flexibility index (Phi) is 6.58. The normalized spacial score (nSPS) is 40.2. The summed E-state index contributed by atoms with van der Waals surface area (Å²) in [4.78, 5) is 25.8. The number of aliphatic hydroxyl groups is 2. The molecule has 4 N–H and O–H groups in total. The van der Waals surface area contributed by atoms with Crippen LogP contribution in [0, 0.1) is 34.5 Å². The van der Waals surface area contributed by atoms with Crippen molar-refractivity contribution in [3.8, 4) is 11.8 Å². The number of benzene rings is 2. The predicted octanol–water partition coefficient (Wildman–Crippen LogP) is 4.36. The van der Waals surface area contributed by atoms with E-state index in [1.54, 1.807) is 25.1 Å². The molecule has 0 radical (unpaired) electrons. The molecule has 0 spiro atoms. The molecule has 2 aromatic carbocycles. The van der Waals surface area contributed by atoms with Crippen molar-refractivity contribution < 1.29 is 33.7 Å². The SMILES string of the molecule is C[C@]12C=CC(=O)C=C1CC[C@H]1[C@@H]3C[C@H]4O[C@@H](c5ccc(C#Cc6cccc(N)c6)cc5)O[C@@]4(C(=O)CO)[C@@]3(C)C[C@H](O)[C@@]12F. The zero-order valence-electron chi connectivity index (χ0n) is 24.8. The highest BCUT2D eigenvalue weighted by Gasteiger charge is 2.79. The number of carbonyl (C=O) groups excluding carboxylic acids is 2. The number of allylic oxidation sites excluding steroid dienone is 4. The van der Waals surface area contributed by atoms with Crippen molar-refractivity contribution in [3.63, 3.8) is 0 Å². The van der Waals surface area contributed by atoms with Crippen molar-refractivity contribution in [3.05, 3.63) is 89.0 Å². The zero-order valence-corrected chi connectivity index (χ0v) is 24.8. The Morgan fingerprint density at radius 1 is 1.11 bits per heavy atom.